The minimum Gasteiger partial charge on any atom is -0.481 e. The fourth-order valence-electron chi connectivity index (χ4n) is 2.79. The van der Waals surface area contributed by atoms with E-state index in [1.54, 1.807) is 0 Å². The van der Waals surface area contributed by atoms with Gasteiger partial charge in [-0.1, -0.05) is 13.0 Å². The van der Waals surface area contributed by atoms with Gasteiger partial charge in [0.15, 0.2) is 6.10 Å². The van der Waals surface area contributed by atoms with Gasteiger partial charge in [-0.2, -0.15) is 0 Å². The molecule has 0 bridgehead atoms. The molecule has 1 heterocycles. The number of piperidine rings is 1. The first-order valence-electron chi connectivity index (χ1n) is 7.64. The smallest absolute Gasteiger partial charge is 0.263 e. The topological polar surface area (TPSA) is 29.5 Å². The fraction of sp³-hybridized carbons (Fsp3) is 0.588. The second-order valence-electron chi connectivity index (χ2n) is 5.72. The van der Waals surface area contributed by atoms with E-state index in [-0.39, 0.29) is 12.0 Å². The van der Waals surface area contributed by atoms with Crippen LogP contribution in [0.2, 0.25) is 0 Å². The van der Waals surface area contributed by atoms with Crippen LogP contribution >= 0.6 is 0 Å². The summed E-state index contributed by atoms with van der Waals surface area (Å²) in [6, 6.07) is 6.11. The molecular weight excluding hydrogens is 250 g/mol. The Balaban J connectivity index is 2.05. The van der Waals surface area contributed by atoms with E-state index < -0.39 is 0 Å². The van der Waals surface area contributed by atoms with Gasteiger partial charge >= 0.3 is 0 Å². The van der Waals surface area contributed by atoms with Gasteiger partial charge in [0.1, 0.15) is 5.75 Å². The predicted molar refractivity (Wildman–Crippen MR) is 81.1 cm³/mol. The summed E-state index contributed by atoms with van der Waals surface area (Å²) in [5.41, 5.74) is 2.33. The lowest BCUT2D eigenvalue weighted by molar-refractivity contribution is -0.139. The van der Waals surface area contributed by atoms with E-state index in [2.05, 4.69) is 6.07 Å². The largest absolute Gasteiger partial charge is 0.481 e. The zero-order chi connectivity index (χ0) is 14.5. The van der Waals surface area contributed by atoms with Gasteiger partial charge < -0.3 is 9.64 Å². The molecular formula is C17H25NO2. The van der Waals surface area contributed by atoms with Gasteiger partial charge in [-0.3, -0.25) is 4.79 Å². The van der Waals surface area contributed by atoms with Crippen LogP contribution in [0.4, 0.5) is 0 Å². The van der Waals surface area contributed by atoms with Gasteiger partial charge in [-0.15, -0.1) is 0 Å². The minimum atomic E-state index is -0.353. The Morgan fingerprint density at radius 1 is 1.15 bits per heavy atom. The number of likely N-dealkylation sites (tertiary alicyclic amines) is 1. The summed E-state index contributed by atoms with van der Waals surface area (Å²) >= 11 is 0. The van der Waals surface area contributed by atoms with E-state index in [0.717, 1.165) is 31.7 Å². The second-order valence-corrected chi connectivity index (χ2v) is 5.72. The molecule has 3 heteroatoms. The van der Waals surface area contributed by atoms with Gasteiger partial charge in [0.2, 0.25) is 0 Å². The molecule has 1 unspecified atom stereocenters. The van der Waals surface area contributed by atoms with E-state index in [4.69, 9.17) is 4.74 Å². The number of carbonyl (C=O) groups is 1. The first-order chi connectivity index (χ1) is 9.60. The molecule has 1 aromatic rings. The summed E-state index contributed by atoms with van der Waals surface area (Å²) in [5.74, 6) is 0.950. The number of rotatable bonds is 4. The van der Waals surface area contributed by atoms with E-state index >= 15 is 0 Å². The first-order valence-corrected chi connectivity index (χ1v) is 7.64. The summed E-state index contributed by atoms with van der Waals surface area (Å²) in [5, 5.41) is 0. The van der Waals surface area contributed by atoms with Gasteiger partial charge in [0, 0.05) is 13.1 Å². The highest BCUT2D eigenvalue weighted by Crippen LogP contribution is 2.20. The van der Waals surface area contributed by atoms with E-state index in [0.29, 0.717) is 6.42 Å². The van der Waals surface area contributed by atoms with Crippen LogP contribution in [-0.2, 0) is 4.79 Å². The van der Waals surface area contributed by atoms with Crippen LogP contribution in [0.5, 0.6) is 5.75 Å². The van der Waals surface area contributed by atoms with Crippen LogP contribution in [0.1, 0.15) is 43.7 Å². The van der Waals surface area contributed by atoms with E-state index in [1.165, 1.54) is 17.5 Å². The third kappa shape index (κ3) is 3.75. The molecule has 1 aliphatic heterocycles. The van der Waals surface area contributed by atoms with Gasteiger partial charge in [-0.05, 0) is 62.8 Å². The van der Waals surface area contributed by atoms with Crippen molar-refractivity contribution in [1.82, 2.24) is 4.90 Å². The number of benzene rings is 1. The third-order valence-electron chi connectivity index (χ3n) is 3.79. The molecule has 1 atom stereocenters. The summed E-state index contributed by atoms with van der Waals surface area (Å²) in [6.45, 7) is 7.87. The van der Waals surface area contributed by atoms with Crippen LogP contribution < -0.4 is 4.74 Å². The zero-order valence-corrected chi connectivity index (χ0v) is 12.8. The summed E-state index contributed by atoms with van der Waals surface area (Å²) in [7, 11) is 0. The lowest BCUT2D eigenvalue weighted by atomic mass is 10.1. The lowest BCUT2D eigenvalue weighted by Crippen LogP contribution is -2.44. The zero-order valence-electron chi connectivity index (χ0n) is 12.8. The maximum atomic E-state index is 12.5. The molecule has 0 radical (unpaired) electrons. The summed E-state index contributed by atoms with van der Waals surface area (Å²) < 4.78 is 5.95. The quantitative estimate of drug-likeness (QED) is 0.842. The van der Waals surface area contributed by atoms with Crippen molar-refractivity contribution in [1.29, 1.82) is 0 Å². The molecule has 1 aromatic carbocycles. The SMILES string of the molecule is CCC(Oc1cc(C)cc(C)c1)C(=O)N1CCCCC1. The second kappa shape index (κ2) is 6.78. The molecule has 1 saturated heterocycles. The van der Waals surface area contributed by atoms with Crippen molar-refractivity contribution in [3.05, 3.63) is 29.3 Å². The Kier molecular flexibility index (Phi) is 5.05. The number of carbonyl (C=O) groups excluding carboxylic acids is 1. The molecule has 20 heavy (non-hydrogen) atoms. The first kappa shape index (κ1) is 14.9. The van der Waals surface area contributed by atoms with Crippen molar-refractivity contribution in [2.24, 2.45) is 0 Å². The van der Waals surface area contributed by atoms with Gasteiger partial charge in [-0.25, -0.2) is 0 Å². The Hall–Kier alpha value is -1.51. The Labute approximate surface area is 121 Å². The van der Waals surface area contributed by atoms with Gasteiger partial charge in [0.05, 0.1) is 0 Å². The van der Waals surface area contributed by atoms with Crippen LogP contribution in [-0.4, -0.2) is 30.0 Å². The van der Waals surface area contributed by atoms with Crippen molar-refractivity contribution in [2.45, 2.75) is 52.6 Å². The molecule has 0 aromatic heterocycles. The van der Waals surface area contributed by atoms with Crippen LogP contribution in [0, 0.1) is 13.8 Å². The van der Waals surface area contributed by atoms with E-state index in [9.17, 15) is 4.79 Å². The fourth-order valence-corrected chi connectivity index (χ4v) is 2.79. The standard InChI is InChI=1S/C17H25NO2/c1-4-16(17(19)18-8-6-5-7-9-18)20-15-11-13(2)10-14(3)12-15/h10-12,16H,4-9H2,1-3H3. The molecule has 0 aliphatic carbocycles. The number of hydrogen-bond donors (Lipinski definition) is 0. The van der Waals surface area contributed by atoms with Crippen LogP contribution in [0.3, 0.4) is 0 Å². The molecule has 1 fully saturated rings. The highest BCUT2D eigenvalue weighted by molar-refractivity contribution is 5.81. The number of ether oxygens (including phenoxy) is 1. The normalized spacial score (nSPS) is 16.9. The Morgan fingerprint density at radius 3 is 2.30 bits per heavy atom. The van der Waals surface area contributed by atoms with Crippen LogP contribution in [0.15, 0.2) is 18.2 Å². The average molecular weight is 275 g/mol. The number of nitrogens with zero attached hydrogens (tertiary/aromatic N) is 1. The molecule has 1 amide bonds. The van der Waals surface area contributed by atoms with Gasteiger partial charge in [0.25, 0.3) is 5.91 Å². The van der Waals surface area contributed by atoms with Crippen molar-refractivity contribution < 1.29 is 9.53 Å². The maximum absolute atomic E-state index is 12.5. The molecule has 0 spiro atoms. The number of aryl methyl sites for hydroxylation is 2. The minimum absolute atomic E-state index is 0.145. The summed E-state index contributed by atoms with van der Waals surface area (Å²) in [6.07, 6.45) is 3.83. The maximum Gasteiger partial charge on any atom is 0.263 e. The molecule has 1 aliphatic rings. The lowest BCUT2D eigenvalue weighted by Gasteiger charge is -2.30. The number of hydrogen-bond acceptors (Lipinski definition) is 2. The predicted octanol–water partition coefficient (Wildman–Crippen LogP) is 3.47. The summed E-state index contributed by atoms with van der Waals surface area (Å²) in [4.78, 5) is 14.5. The molecule has 0 saturated carbocycles. The molecule has 2 rings (SSSR count). The van der Waals surface area contributed by atoms with Crippen molar-refractivity contribution in [3.8, 4) is 5.75 Å². The highest BCUT2D eigenvalue weighted by atomic mass is 16.5. The molecule has 110 valence electrons. The molecule has 3 nitrogen and oxygen atoms in total. The van der Waals surface area contributed by atoms with Crippen molar-refractivity contribution in [2.75, 3.05) is 13.1 Å². The van der Waals surface area contributed by atoms with E-state index in [1.807, 2.05) is 37.8 Å². The van der Waals surface area contributed by atoms with Crippen LogP contribution in [0.25, 0.3) is 0 Å². The Bertz CT molecular complexity index is 444. The third-order valence-corrected chi connectivity index (χ3v) is 3.79. The average Bonchev–Trinajstić information content (AvgIpc) is 2.44. The van der Waals surface area contributed by atoms with Crippen molar-refractivity contribution >= 4 is 5.91 Å². The Morgan fingerprint density at radius 2 is 1.75 bits per heavy atom. The highest BCUT2D eigenvalue weighted by Gasteiger charge is 2.25. The number of amides is 1. The monoisotopic (exact) mass is 275 g/mol. The molecule has 0 N–H and O–H groups in total. The van der Waals surface area contributed by atoms with Crippen molar-refractivity contribution in [3.63, 3.8) is 0 Å².